The van der Waals surface area contributed by atoms with Crippen molar-refractivity contribution < 1.29 is 19.4 Å². The number of hydrogen-bond donors (Lipinski definition) is 1. The number of aliphatic carboxylic acids is 1. The molecule has 1 N–H and O–H groups in total. The zero-order valence-corrected chi connectivity index (χ0v) is 12.5. The average Bonchev–Trinajstić information content (AvgIpc) is 2.62. The second-order valence-electron chi connectivity index (χ2n) is 5.39. The lowest BCUT2D eigenvalue weighted by Crippen LogP contribution is -2.48. The molecule has 23 heavy (non-hydrogen) atoms. The minimum atomic E-state index is -1.04. The third kappa shape index (κ3) is 3.40. The van der Waals surface area contributed by atoms with Crippen LogP contribution in [0.25, 0.3) is 11.1 Å². The Labute approximate surface area is 134 Å². The third-order valence-corrected chi connectivity index (χ3v) is 3.87. The highest BCUT2D eigenvalue weighted by Gasteiger charge is 2.29. The zero-order chi connectivity index (χ0) is 16.2. The molecule has 1 amide bonds. The first-order valence-electron chi connectivity index (χ1n) is 7.44. The van der Waals surface area contributed by atoms with Crippen molar-refractivity contribution in [3.05, 3.63) is 60.2 Å². The number of amides is 1. The summed E-state index contributed by atoms with van der Waals surface area (Å²) in [6.07, 6.45) is -0.948. The van der Waals surface area contributed by atoms with Gasteiger partial charge in [0.25, 0.3) is 5.91 Å². The van der Waals surface area contributed by atoms with Crippen LogP contribution in [0.1, 0.15) is 10.4 Å². The molecule has 2 aromatic rings. The first-order valence-corrected chi connectivity index (χ1v) is 7.44. The molecule has 0 spiro atoms. The fourth-order valence-electron chi connectivity index (χ4n) is 2.60. The molecule has 1 aliphatic heterocycles. The molecule has 2 aromatic carbocycles. The van der Waals surface area contributed by atoms with Crippen LogP contribution in [0.15, 0.2) is 54.6 Å². The molecular formula is C18H17NO4. The number of nitrogens with zero attached hydrogens (tertiary/aromatic N) is 1. The molecule has 1 heterocycles. The molecule has 0 aliphatic carbocycles. The van der Waals surface area contributed by atoms with Crippen molar-refractivity contribution in [2.45, 2.75) is 6.10 Å². The molecule has 1 fully saturated rings. The zero-order valence-electron chi connectivity index (χ0n) is 12.5. The maximum atomic E-state index is 12.5. The highest BCUT2D eigenvalue weighted by atomic mass is 16.5. The van der Waals surface area contributed by atoms with E-state index in [9.17, 15) is 9.59 Å². The van der Waals surface area contributed by atoms with E-state index in [-0.39, 0.29) is 19.1 Å². The summed E-state index contributed by atoms with van der Waals surface area (Å²) in [7, 11) is 0. The van der Waals surface area contributed by atoms with Crippen molar-refractivity contribution in [3.8, 4) is 11.1 Å². The quantitative estimate of drug-likeness (QED) is 0.944. The number of morpholine rings is 1. The van der Waals surface area contributed by atoms with E-state index in [1.54, 1.807) is 12.1 Å². The van der Waals surface area contributed by atoms with Crippen LogP contribution < -0.4 is 0 Å². The number of carboxylic acids is 1. The Hall–Kier alpha value is -2.66. The first kappa shape index (κ1) is 15.2. The molecule has 1 saturated heterocycles. The molecule has 0 unspecified atom stereocenters. The summed E-state index contributed by atoms with van der Waals surface area (Å²) in [5.41, 5.74) is 2.67. The van der Waals surface area contributed by atoms with Gasteiger partial charge >= 0.3 is 5.97 Å². The SMILES string of the molecule is O=C(O)[C@@H]1CN(C(=O)c2ccc(-c3ccccc3)cc2)CCO1. The molecular weight excluding hydrogens is 294 g/mol. The first-order chi connectivity index (χ1) is 11.1. The van der Waals surface area contributed by atoms with Crippen molar-refractivity contribution in [2.24, 2.45) is 0 Å². The van der Waals surface area contributed by atoms with Crippen molar-refractivity contribution in [2.75, 3.05) is 19.7 Å². The molecule has 1 atom stereocenters. The Morgan fingerprint density at radius 2 is 1.65 bits per heavy atom. The van der Waals surface area contributed by atoms with E-state index >= 15 is 0 Å². The third-order valence-electron chi connectivity index (χ3n) is 3.87. The smallest absolute Gasteiger partial charge is 0.334 e. The Balaban J connectivity index is 1.74. The predicted molar refractivity (Wildman–Crippen MR) is 85.2 cm³/mol. The van der Waals surface area contributed by atoms with Gasteiger partial charge in [0.2, 0.25) is 0 Å². The van der Waals surface area contributed by atoms with Crippen LogP contribution in [0, 0.1) is 0 Å². The summed E-state index contributed by atoms with van der Waals surface area (Å²) in [5, 5.41) is 9.01. The highest BCUT2D eigenvalue weighted by Crippen LogP contribution is 2.20. The molecule has 0 bridgehead atoms. The largest absolute Gasteiger partial charge is 0.479 e. The average molecular weight is 311 g/mol. The van der Waals surface area contributed by atoms with Crippen LogP contribution in [-0.2, 0) is 9.53 Å². The van der Waals surface area contributed by atoms with E-state index in [2.05, 4.69) is 0 Å². The number of ether oxygens (including phenoxy) is 1. The van der Waals surface area contributed by atoms with Gasteiger partial charge in [0.15, 0.2) is 6.10 Å². The normalized spacial score (nSPS) is 17.7. The summed E-state index contributed by atoms with van der Waals surface area (Å²) in [5.74, 6) is -1.21. The molecule has 0 saturated carbocycles. The van der Waals surface area contributed by atoms with Gasteiger partial charge in [-0.25, -0.2) is 4.79 Å². The van der Waals surface area contributed by atoms with Gasteiger partial charge in [0.05, 0.1) is 13.2 Å². The van der Waals surface area contributed by atoms with Crippen molar-refractivity contribution >= 4 is 11.9 Å². The lowest BCUT2D eigenvalue weighted by Gasteiger charge is -2.30. The Bertz CT molecular complexity index is 697. The summed E-state index contributed by atoms with van der Waals surface area (Å²) in [6, 6.07) is 17.3. The lowest BCUT2D eigenvalue weighted by atomic mass is 10.0. The van der Waals surface area contributed by atoms with E-state index in [1.165, 1.54) is 4.90 Å². The van der Waals surface area contributed by atoms with Crippen LogP contribution in [-0.4, -0.2) is 47.7 Å². The van der Waals surface area contributed by atoms with Crippen molar-refractivity contribution in [1.29, 1.82) is 0 Å². The number of carboxylic acid groups (broad SMARTS) is 1. The minimum absolute atomic E-state index is 0.0780. The van der Waals surface area contributed by atoms with Gasteiger partial charge in [-0.05, 0) is 23.3 Å². The number of rotatable bonds is 3. The van der Waals surface area contributed by atoms with Gasteiger partial charge in [0, 0.05) is 12.1 Å². The number of carbonyl (C=O) groups is 2. The Morgan fingerprint density at radius 3 is 2.30 bits per heavy atom. The summed E-state index contributed by atoms with van der Waals surface area (Å²) in [6.45, 7) is 0.725. The molecule has 0 aromatic heterocycles. The van der Waals surface area contributed by atoms with Crippen LogP contribution in [0.3, 0.4) is 0 Å². The van der Waals surface area contributed by atoms with Crippen LogP contribution in [0.2, 0.25) is 0 Å². The van der Waals surface area contributed by atoms with Gasteiger partial charge in [0.1, 0.15) is 0 Å². The molecule has 3 rings (SSSR count). The lowest BCUT2D eigenvalue weighted by molar-refractivity contribution is -0.154. The van der Waals surface area contributed by atoms with Crippen LogP contribution in [0.5, 0.6) is 0 Å². The number of carbonyl (C=O) groups excluding carboxylic acids is 1. The Kier molecular flexibility index (Phi) is 4.39. The number of benzene rings is 2. The standard InChI is InChI=1S/C18H17NO4/c20-17(19-10-11-23-16(12-19)18(21)22)15-8-6-14(7-9-15)13-4-2-1-3-5-13/h1-9,16H,10-12H2,(H,21,22)/t16-/m0/s1. The molecule has 1 aliphatic rings. The van der Waals surface area contributed by atoms with Crippen LogP contribution in [0.4, 0.5) is 0 Å². The van der Waals surface area contributed by atoms with Gasteiger partial charge in [-0.3, -0.25) is 4.79 Å². The van der Waals surface area contributed by atoms with Gasteiger partial charge in [-0.2, -0.15) is 0 Å². The second kappa shape index (κ2) is 6.62. The van der Waals surface area contributed by atoms with E-state index < -0.39 is 12.1 Å². The Morgan fingerprint density at radius 1 is 1.00 bits per heavy atom. The summed E-state index contributed by atoms with van der Waals surface area (Å²) in [4.78, 5) is 25.0. The number of hydrogen-bond acceptors (Lipinski definition) is 3. The monoisotopic (exact) mass is 311 g/mol. The minimum Gasteiger partial charge on any atom is -0.479 e. The van der Waals surface area contributed by atoms with Crippen molar-refractivity contribution in [3.63, 3.8) is 0 Å². The molecule has 5 heteroatoms. The maximum Gasteiger partial charge on any atom is 0.334 e. The van der Waals surface area contributed by atoms with Gasteiger partial charge in [-0.15, -0.1) is 0 Å². The molecule has 0 radical (unpaired) electrons. The predicted octanol–water partition coefficient (Wildman–Crippen LogP) is 2.28. The topological polar surface area (TPSA) is 66.8 Å². The van der Waals surface area contributed by atoms with Crippen LogP contribution >= 0.6 is 0 Å². The second-order valence-corrected chi connectivity index (χ2v) is 5.39. The van der Waals surface area contributed by atoms with E-state index in [1.807, 2.05) is 42.5 Å². The maximum absolute atomic E-state index is 12.5. The summed E-state index contributed by atoms with van der Waals surface area (Å²) >= 11 is 0. The summed E-state index contributed by atoms with van der Waals surface area (Å²) < 4.78 is 5.14. The van der Waals surface area contributed by atoms with Gasteiger partial charge in [-0.1, -0.05) is 42.5 Å². The van der Waals surface area contributed by atoms with E-state index in [0.717, 1.165) is 11.1 Å². The van der Waals surface area contributed by atoms with E-state index in [0.29, 0.717) is 12.1 Å². The van der Waals surface area contributed by atoms with Gasteiger partial charge < -0.3 is 14.7 Å². The molecule has 5 nitrogen and oxygen atoms in total. The highest BCUT2D eigenvalue weighted by molar-refractivity contribution is 5.95. The van der Waals surface area contributed by atoms with E-state index in [4.69, 9.17) is 9.84 Å². The molecule has 118 valence electrons. The fourth-order valence-corrected chi connectivity index (χ4v) is 2.60. The fraction of sp³-hybridized carbons (Fsp3) is 0.222. The van der Waals surface area contributed by atoms with Crippen molar-refractivity contribution in [1.82, 2.24) is 4.90 Å².